The largest absolute Gasteiger partial charge is 0.471 e. The highest BCUT2D eigenvalue weighted by Crippen LogP contribution is 2.28. The van der Waals surface area contributed by atoms with Gasteiger partial charge in [0.05, 0.1) is 18.9 Å². The van der Waals surface area contributed by atoms with E-state index in [-0.39, 0.29) is 12.0 Å². The van der Waals surface area contributed by atoms with Gasteiger partial charge in [-0.05, 0) is 6.92 Å². The smallest absolute Gasteiger partial charge is 0.304 e. The normalized spacial score (nSPS) is 16.5. The number of hydrogen-bond donors (Lipinski definition) is 0. The summed E-state index contributed by atoms with van der Waals surface area (Å²) in [6, 6.07) is 0.335. The highest BCUT2D eigenvalue weighted by Gasteiger charge is 2.28. The van der Waals surface area contributed by atoms with Crippen molar-refractivity contribution in [2.24, 2.45) is 7.05 Å². The lowest BCUT2D eigenvalue weighted by atomic mass is 10.3. The Balaban J connectivity index is 1.57. The van der Waals surface area contributed by atoms with Gasteiger partial charge in [-0.2, -0.15) is 9.97 Å². The van der Waals surface area contributed by atoms with Gasteiger partial charge in [0.1, 0.15) is 18.3 Å². The number of hydrogen-bond acceptors (Lipinski definition) is 8. The molecule has 4 heterocycles. The molecule has 0 spiro atoms. The zero-order valence-electron chi connectivity index (χ0n) is 16.0. The van der Waals surface area contributed by atoms with Crippen LogP contribution in [-0.4, -0.2) is 59.5 Å². The first kappa shape index (κ1) is 18.1. The third-order valence-corrected chi connectivity index (χ3v) is 4.63. The number of imidazole rings is 1. The van der Waals surface area contributed by atoms with Gasteiger partial charge in [0, 0.05) is 26.4 Å². The average molecular weight is 383 g/mol. The fraction of sp³-hybridized carbons (Fsp3) is 0.444. The van der Waals surface area contributed by atoms with E-state index >= 15 is 0 Å². The lowest BCUT2D eigenvalue weighted by Gasteiger charge is -2.16. The van der Waals surface area contributed by atoms with Crippen LogP contribution in [0.2, 0.25) is 0 Å². The van der Waals surface area contributed by atoms with Crippen LogP contribution in [-0.2, 0) is 11.8 Å². The molecule has 1 fully saturated rings. The molecule has 10 heteroatoms. The SMILES string of the molecule is CCC(=O)N1CC[C@H](Oc2ncnc3c2nc(Oc2cnc(C)nc2)n3C)C1. The number of aromatic nitrogens is 6. The molecule has 0 N–H and O–H groups in total. The van der Waals surface area contributed by atoms with E-state index in [2.05, 4.69) is 24.9 Å². The number of likely N-dealkylation sites (tertiary alicyclic amines) is 1. The van der Waals surface area contributed by atoms with E-state index in [1.54, 1.807) is 30.9 Å². The number of carbonyl (C=O) groups is 1. The molecule has 1 aliphatic rings. The first-order valence-corrected chi connectivity index (χ1v) is 9.13. The minimum atomic E-state index is -0.120. The lowest BCUT2D eigenvalue weighted by molar-refractivity contribution is -0.130. The molecule has 0 aromatic carbocycles. The number of nitrogens with zero attached hydrogens (tertiary/aromatic N) is 7. The summed E-state index contributed by atoms with van der Waals surface area (Å²) in [4.78, 5) is 34.9. The predicted molar refractivity (Wildman–Crippen MR) is 99.1 cm³/mol. The minimum absolute atomic E-state index is 0.120. The standard InChI is InChI=1S/C18H21N7O3/c1-4-14(26)25-6-5-12(9-25)27-17-15-16(21-10-22-17)24(3)18(23-15)28-13-7-19-11(2)20-8-13/h7-8,10,12H,4-6,9H2,1-3H3/t12-/m0/s1. The molecule has 28 heavy (non-hydrogen) atoms. The Hall–Kier alpha value is -3.30. The Morgan fingerprint density at radius 3 is 2.79 bits per heavy atom. The molecule has 0 aliphatic carbocycles. The molecule has 1 saturated heterocycles. The summed E-state index contributed by atoms with van der Waals surface area (Å²) in [6.07, 6.45) is 5.74. The second-order valence-electron chi connectivity index (χ2n) is 6.59. The molecule has 1 aliphatic heterocycles. The summed E-state index contributed by atoms with van der Waals surface area (Å²) in [5.41, 5.74) is 1.10. The highest BCUT2D eigenvalue weighted by atomic mass is 16.5. The molecule has 3 aromatic rings. The van der Waals surface area contributed by atoms with E-state index in [0.717, 1.165) is 6.42 Å². The minimum Gasteiger partial charge on any atom is -0.471 e. The monoisotopic (exact) mass is 383 g/mol. The van der Waals surface area contributed by atoms with Crippen molar-refractivity contribution in [3.8, 4) is 17.6 Å². The van der Waals surface area contributed by atoms with Crippen molar-refractivity contribution in [2.45, 2.75) is 32.8 Å². The van der Waals surface area contributed by atoms with Crippen LogP contribution in [0.1, 0.15) is 25.6 Å². The molecular weight excluding hydrogens is 362 g/mol. The van der Waals surface area contributed by atoms with Crippen molar-refractivity contribution >= 4 is 17.1 Å². The Morgan fingerprint density at radius 1 is 1.25 bits per heavy atom. The third-order valence-electron chi connectivity index (χ3n) is 4.63. The number of amides is 1. The maximum absolute atomic E-state index is 11.9. The van der Waals surface area contributed by atoms with Gasteiger partial charge < -0.3 is 14.4 Å². The molecule has 4 rings (SSSR count). The Bertz CT molecular complexity index is 1000. The Morgan fingerprint density at radius 2 is 2.04 bits per heavy atom. The summed E-state index contributed by atoms with van der Waals surface area (Å²) in [5, 5.41) is 0. The van der Waals surface area contributed by atoms with E-state index in [1.807, 2.05) is 11.8 Å². The molecule has 146 valence electrons. The second kappa shape index (κ2) is 7.37. The number of rotatable bonds is 5. The van der Waals surface area contributed by atoms with Crippen LogP contribution < -0.4 is 9.47 Å². The van der Waals surface area contributed by atoms with Gasteiger partial charge in [0.2, 0.25) is 11.8 Å². The van der Waals surface area contributed by atoms with E-state index in [0.29, 0.717) is 54.1 Å². The Kier molecular flexibility index (Phi) is 4.76. The van der Waals surface area contributed by atoms with Crippen molar-refractivity contribution in [3.05, 3.63) is 24.5 Å². The summed E-state index contributed by atoms with van der Waals surface area (Å²) in [6.45, 7) is 4.90. The second-order valence-corrected chi connectivity index (χ2v) is 6.59. The predicted octanol–water partition coefficient (Wildman–Crippen LogP) is 1.64. The van der Waals surface area contributed by atoms with Gasteiger partial charge in [-0.15, -0.1) is 0 Å². The molecule has 1 amide bonds. The van der Waals surface area contributed by atoms with Crippen LogP contribution in [0.15, 0.2) is 18.7 Å². The fourth-order valence-corrected chi connectivity index (χ4v) is 3.11. The highest BCUT2D eigenvalue weighted by molar-refractivity contribution is 5.78. The molecule has 1 atom stereocenters. The van der Waals surface area contributed by atoms with Crippen LogP contribution in [0.4, 0.5) is 0 Å². The van der Waals surface area contributed by atoms with Crippen molar-refractivity contribution in [1.29, 1.82) is 0 Å². The van der Waals surface area contributed by atoms with E-state index in [4.69, 9.17) is 9.47 Å². The zero-order chi connectivity index (χ0) is 19.7. The van der Waals surface area contributed by atoms with Crippen LogP contribution in [0.5, 0.6) is 17.6 Å². The Labute approximate surface area is 161 Å². The maximum atomic E-state index is 11.9. The number of carbonyl (C=O) groups excluding carboxylic acids is 1. The van der Waals surface area contributed by atoms with E-state index in [9.17, 15) is 4.79 Å². The van der Waals surface area contributed by atoms with Crippen LogP contribution >= 0.6 is 0 Å². The van der Waals surface area contributed by atoms with Crippen molar-refractivity contribution in [3.63, 3.8) is 0 Å². The first-order chi connectivity index (χ1) is 13.5. The van der Waals surface area contributed by atoms with Gasteiger partial charge in [-0.1, -0.05) is 6.92 Å². The number of fused-ring (bicyclic) bond motifs is 1. The van der Waals surface area contributed by atoms with Crippen molar-refractivity contribution < 1.29 is 14.3 Å². The van der Waals surface area contributed by atoms with Crippen LogP contribution in [0.3, 0.4) is 0 Å². The van der Waals surface area contributed by atoms with Gasteiger partial charge in [-0.3, -0.25) is 9.36 Å². The van der Waals surface area contributed by atoms with Crippen LogP contribution in [0.25, 0.3) is 11.2 Å². The van der Waals surface area contributed by atoms with E-state index in [1.165, 1.54) is 6.33 Å². The first-order valence-electron chi connectivity index (χ1n) is 9.13. The molecule has 0 bridgehead atoms. The number of ether oxygens (including phenoxy) is 2. The lowest BCUT2D eigenvalue weighted by Crippen LogP contribution is -2.30. The quantitative estimate of drug-likeness (QED) is 0.654. The summed E-state index contributed by atoms with van der Waals surface area (Å²) in [7, 11) is 1.80. The molecular formula is C18H21N7O3. The molecule has 0 saturated carbocycles. The zero-order valence-corrected chi connectivity index (χ0v) is 16.0. The van der Waals surface area contributed by atoms with Gasteiger partial charge in [0.25, 0.3) is 0 Å². The van der Waals surface area contributed by atoms with Gasteiger partial charge in [-0.25, -0.2) is 15.0 Å². The summed E-state index contributed by atoms with van der Waals surface area (Å²) in [5.74, 6) is 1.65. The fourth-order valence-electron chi connectivity index (χ4n) is 3.11. The summed E-state index contributed by atoms with van der Waals surface area (Å²) < 4.78 is 13.5. The molecule has 0 unspecified atom stereocenters. The van der Waals surface area contributed by atoms with Crippen LogP contribution in [0, 0.1) is 6.92 Å². The maximum Gasteiger partial charge on any atom is 0.304 e. The van der Waals surface area contributed by atoms with Gasteiger partial charge >= 0.3 is 6.01 Å². The van der Waals surface area contributed by atoms with Gasteiger partial charge in [0.15, 0.2) is 16.9 Å². The molecule has 10 nitrogen and oxygen atoms in total. The topological polar surface area (TPSA) is 108 Å². The summed E-state index contributed by atoms with van der Waals surface area (Å²) >= 11 is 0. The third kappa shape index (κ3) is 3.45. The molecule has 3 aromatic heterocycles. The average Bonchev–Trinajstić information content (AvgIpc) is 3.29. The van der Waals surface area contributed by atoms with Crippen molar-refractivity contribution in [2.75, 3.05) is 13.1 Å². The number of aryl methyl sites for hydroxylation is 2. The van der Waals surface area contributed by atoms with Crippen molar-refractivity contribution in [1.82, 2.24) is 34.4 Å². The van der Waals surface area contributed by atoms with E-state index < -0.39 is 0 Å². The molecule has 0 radical (unpaired) electrons.